The molecule has 8 aromatic rings. The molecule has 7 aromatic carbocycles. The lowest BCUT2D eigenvalue weighted by atomic mass is 10.0. The van der Waals surface area contributed by atoms with E-state index >= 15 is 0 Å². The number of fused-ring (bicyclic) bond motifs is 6. The number of nitrogens with zero attached hydrogens (tertiary/aromatic N) is 1. The van der Waals surface area contributed by atoms with Crippen LogP contribution >= 0.6 is 0 Å². The highest BCUT2D eigenvalue weighted by Crippen LogP contribution is 2.44. The molecule has 0 bridgehead atoms. The fourth-order valence-electron chi connectivity index (χ4n) is 5.89. The van der Waals surface area contributed by atoms with Gasteiger partial charge in [0.15, 0.2) is 5.58 Å². The van der Waals surface area contributed by atoms with E-state index in [9.17, 15) is 0 Å². The Bertz CT molecular complexity index is 2170. The summed E-state index contributed by atoms with van der Waals surface area (Å²) in [6.45, 7) is 0. The van der Waals surface area contributed by atoms with Gasteiger partial charge in [0.05, 0.1) is 5.69 Å². The summed E-state index contributed by atoms with van der Waals surface area (Å²) in [4.78, 5) is 2.33. The van der Waals surface area contributed by atoms with Gasteiger partial charge in [0.1, 0.15) is 5.58 Å². The van der Waals surface area contributed by atoms with Crippen molar-refractivity contribution in [1.29, 1.82) is 0 Å². The van der Waals surface area contributed by atoms with Gasteiger partial charge in [-0.3, -0.25) is 0 Å². The van der Waals surface area contributed by atoms with E-state index in [1.165, 1.54) is 27.3 Å². The van der Waals surface area contributed by atoms with Crippen molar-refractivity contribution in [3.8, 4) is 11.1 Å². The standard InChI is InChI=1S/C38H25NO/c1-2-10-26(11-3-1)30-15-8-16-31(24-30)39(32-22-20-27-12-4-5-14-29(27)25-32)36-19-9-18-34-35-23-21-28-13-6-7-17-33(28)37(35)40-38(34)36/h1-25H. The molecule has 0 saturated carbocycles. The van der Waals surface area contributed by atoms with Crippen LogP contribution in [0.2, 0.25) is 0 Å². The summed E-state index contributed by atoms with van der Waals surface area (Å²) in [5.74, 6) is 0. The molecule has 1 heterocycles. The zero-order chi connectivity index (χ0) is 26.5. The normalized spacial score (nSPS) is 11.5. The quantitative estimate of drug-likeness (QED) is 0.234. The zero-order valence-corrected chi connectivity index (χ0v) is 21.8. The van der Waals surface area contributed by atoms with Gasteiger partial charge in [0.2, 0.25) is 0 Å². The number of anilines is 3. The van der Waals surface area contributed by atoms with Crippen LogP contribution in [0.3, 0.4) is 0 Å². The first-order valence-electron chi connectivity index (χ1n) is 13.6. The summed E-state index contributed by atoms with van der Waals surface area (Å²) in [7, 11) is 0. The van der Waals surface area contributed by atoms with E-state index in [0.717, 1.165) is 44.4 Å². The van der Waals surface area contributed by atoms with Crippen LogP contribution in [0.1, 0.15) is 0 Å². The average Bonchev–Trinajstić information content (AvgIpc) is 3.42. The highest BCUT2D eigenvalue weighted by molar-refractivity contribution is 6.17. The Morgan fingerprint density at radius 1 is 0.375 bits per heavy atom. The van der Waals surface area contributed by atoms with Crippen molar-refractivity contribution in [2.45, 2.75) is 0 Å². The molecular formula is C38H25NO. The molecule has 188 valence electrons. The Morgan fingerprint density at radius 3 is 1.93 bits per heavy atom. The topological polar surface area (TPSA) is 16.4 Å². The van der Waals surface area contributed by atoms with Crippen LogP contribution in [0.5, 0.6) is 0 Å². The molecule has 0 N–H and O–H groups in total. The van der Waals surface area contributed by atoms with Gasteiger partial charge in [-0.25, -0.2) is 0 Å². The van der Waals surface area contributed by atoms with Crippen LogP contribution in [0.4, 0.5) is 17.1 Å². The largest absolute Gasteiger partial charge is 0.453 e. The summed E-state index contributed by atoms with van der Waals surface area (Å²) in [5.41, 5.74) is 7.35. The summed E-state index contributed by atoms with van der Waals surface area (Å²) in [6, 6.07) is 53.7. The second-order valence-electron chi connectivity index (χ2n) is 10.2. The summed E-state index contributed by atoms with van der Waals surface area (Å²) in [6.07, 6.45) is 0. The third-order valence-electron chi connectivity index (χ3n) is 7.81. The van der Waals surface area contributed by atoms with Gasteiger partial charge in [-0.1, -0.05) is 115 Å². The Labute approximate surface area is 232 Å². The monoisotopic (exact) mass is 511 g/mol. The molecule has 0 aliphatic rings. The van der Waals surface area contributed by atoms with Gasteiger partial charge in [-0.05, 0) is 63.7 Å². The first-order valence-corrected chi connectivity index (χ1v) is 13.6. The Hall–Kier alpha value is -5.34. The van der Waals surface area contributed by atoms with Crippen LogP contribution in [0.15, 0.2) is 156 Å². The minimum atomic E-state index is 0.882. The molecule has 8 rings (SSSR count). The predicted molar refractivity (Wildman–Crippen MR) is 169 cm³/mol. The van der Waals surface area contributed by atoms with E-state index in [1.807, 2.05) is 0 Å². The molecule has 0 saturated heterocycles. The number of hydrogen-bond donors (Lipinski definition) is 0. The number of furan rings is 1. The lowest BCUT2D eigenvalue weighted by Crippen LogP contribution is -2.10. The molecule has 0 atom stereocenters. The predicted octanol–water partition coefficient (Wildman–Crippen LogP) is 11.0. The maximum atomic E-state index is 6.78. The number of para-hydroxylation sites is 1. The second-order valence-corrected chi connectivity index (χ2v) is 10.2. The van der Waals surface area contributed by atoms with Gasteiger partial charge < -0.3 is 9.32 Å². The van der Waals surface area contributed by atoms with Crippen LogP contribution in [-0.2, 0) is 0 Å². The van der Waals surface area contributed by atoms with Gasteiger partial charge in [-0.2, -0.15) is 0 Å². The average molecular weight is 512 g/mol. The molecule has 1 aromatic heterocycles. The first-order chi connectivity index (χ1) is 19.8. The highest BCUT2D eigenvalue weighted by atomic mass is 16.3. The van der Waals surface area contributed by atoms with Crippen LogP contribution in [0, 0.1) is 0 Å². The Morgan fingerprint density at radius 2 is 1.02 bits per heavy atom. The van der Waals surface area contributed by atoms with Crippen molar-refractivity contribution in [2.24, 2.45) is 0 Å². The molecule has 0 amide bonds. The van der Waals surface area contributed by atoms with Gasteiger partial charge in [0.25, 0.3) is 0 Å². The van der Waals surface area contributed by atoms with Crippen molar-refractivity contribution in [3.63, 3.8) is 0 Å². The van der Waals surface area contributed by atoms with Gasteiger partial charge in [0, 0.05) is 27.5 Å². The maximum absolute atomic E-state index is 6.78. The second kappa shape index (κ2) is 9.14. The van der Waals surface area contributed by atoms with Crippen LogP contribution in [-0.4, -0.2) is 0 Å². The third-order valence-corrected chi connectivity index (χ3v) is 7.81. The van der Waals surface area contributed by atoms with Crippen molar-refractivity contribution >= 4 is 60.5 Å². The van der Waals surface area contributed by atoms with E-state index in [-0.39, 0.29) is 0 Å². The SMILES string of the molecule is c1ccc(-c2cccc(N(c3ccc4ccccc4c3)c3cccc4c3oc3c5ccccc5ccc43)c2)cc1. The molecule has 2 nitrogen and oxygen atoms in total. The van der Waals surface area contributed by atoms with E-state index < -0.39 is 0 Å². The Kier molecular flexibility index (Phi) is 5.17. The van der Waals surface area contributed by atoms with Gasteiger partial charge in [-0.15, -0.1) is 0 Å². The molecule has 0 radical (unpaired) electrons. The van der Waals surface area contributed by atoms with E-state index in [0.29, 0.717) is 0 Å². The molecule has 0 unspecified atom stereocenters. The number of hydrogen-bond acceptors (Lipinski definition) is 2. The molecule has 0 fully saturated rings. The lowest BCUT2D eigenvalue weighted by Gasteiger charge is -2.26. The van der Waals surface area contributed by atoms with Crippen molar-refractivity contribution in [1.82, 2.24) is 0 Å². The lowest BCUT2D eigenvalue weighted by molar-refractivity contribution is 0.673. The highest BCUT2D eigenvalue weighted by Gasteiger charge is 2.20. The number of rotatable bonds is 4. The molecule has 0 aliphatic heterocycles. The zero-order valence-electron chi connectivity index (χ0n) is 21.8. The fraction of sp³-hybridized carbons (Fsp3) is 0. The molecule has 0 aliphatic carbocycles. The van der Waals surface area contributed by atoms with Crippen molar-refractivity contribution in [2.75, 3.05) is 4.90 Å². The molecule has 2 heteroatoms. The summed E-state index contributed by atoms with van der Waals surface area (Å²) in [5, 5.41) is 6.97. The molecular weight excluding hydrogens is 486 g/mol. The smallest absolute Gasteiger partial charge is 0.159 e. The minimum Gasteiger partial charge on any atom is -0.453 e. The van der Waals surface area contributed by atoms with Crippen LogP contribution < -0.4 is 4.90 Å². The first kappa shape index (κ1) is 22.6. The summed E-state index contributed by atoms with van der Waals surface area (Å²) >= 11 is 0. The van der Waals surface area contributed by atoms with Crippen LogP contribution in [0.25, 0.3) is 54.6 Å². The van der Waals surface area contributed by atoms with E-state index in [4.69, 9.17) is 4.42 Å². The van der Waals surface area contributed by atoms with E-state index in [2.05, 4.69) is 157 Å². The minimum absolute atomic E-state index is 0.882. The van der Waals surface area contributed by atoms with Crippen molar-refractivity contribution < 1.29 is 4.42 Å². The number of benzene rings is 7. The van der Waals surface area contributed by atoms with E-state index in [1.54, 1.807) is 0 Å². The molecule has 0 spiro atoms. The van der Waals surface area contributed by atoms with Gasteiger partial charge >= 0.3 is 0 Å². The third kappa shape index (κ3) is 3.65. The maximum Gasteiger partial charge on any atom is 0.159 e. The fourth-order valence-corrected chi connectivity index (χ4v) is 5.89. The molecule has 40 heavy (non-hydrogen) atoms. The summed E-state index contributed by atoms with van der Waals surface area (Å²) < 4.78 is 6.78. The Balaban J connectivity index is 1.41. The van der Waals surface area contributed by atoms with Crippen molar-refractivity contribution in [3.05, 3.63) is 152 Å².